The van der Waals surface area contributed by atoms with E-state index in [4.69, 9.17) is 30.9 Å². The zero-order valence-electron chi connectivity index (χ0n) is 28.0. The number of ether oxygens (including phenoxy) is 4. The molecule has 0 fully saturated rings. The molecular formula is C29H51ClN2O12. The number of nitrogens with one attached hydrogen (secondary N) is 2. The number of ketones is 1. The van der Waals surface area contributed by atoms with Crippen LogP contribution in [0.1, 0.15) is 95.9 Å². The number of carboxylic acids is 1. The molecule has 0 aromatic carbocycles. The first kappa shape index (κ1) is 45.0. The quantitative estimate of drug-likeness (QED) is 0.116. The Morgan fingerprint density at radius 2 is 1.00 bits per heavy atom. The molecular weight excluding hydrogens is 604 g/mol. The maximum absolute atomic E-state index is 12.1. The average molecular weight is 655 g/mol. The summed E-state index contributed by atoms with van der Waals surface area (Å²) >= 11 is 5.09. The number of carboxylic acid groups (broad SMARTS) is 1. The first-order chi connectivity index (χ1) is 20.0. The van der Waals surface area contributed by atoms with E-state index >= 15 is 0 Å². The number of alkyl carbamates (subject to hydrolysis) is 2. The Morgan fingerprint density at radius 1 is 0.659 bits per heavy atom. The third-order valence-electron chi connectivity index (χ3n) is 5.00. The molecule has 0 spiro atoms. The number of hydrogen-bond acceptors (Lipinski definition) is 11. The highest BCUT2D eigenvalue weighted by atomic mass is 35.5. The van der Waals surface area contributed by atoms with Gasteiger partial charge in [0.25, 0.3) is 0 Å². The van der Waals surface area contributed by atoms with Gasteiger partial charge >= 0.3 is 30.1 Å². The lowest BCUT2D eigenvalue weighted by Gasteiger charge is -2.23. The summed E-state index contributed by atoms with van der Waals surface area (Å²) < 4.78 is 19.2. The molecule has 15 heteroatoms. The summed E-state index contributed by atoms with van der Waals surface area (Å²) in [5.74, 6) is -4.00. The predicted molar refractivity (Wildman–Crippen MR) is 162 cm³/mol. The van der Waals surface area contributed by atoms with Crippen molar-refractivity contribution in [2.24, 2.45) is 11.8 Å². The van der Waals surface area contributed by atoms with E-state index in [0.717, 1.165) is 6.42 Å². The van der Waals surface area contributed by atoms with E-state index in [-0.39, 0.29) is 36.1 Å². The Bertz CT molecular complexity index is 957. The number of esters is 2. The topological polar surface area (TPSA) is 201 Å². The van der Waals surface area contributed by atoms with Gasteiger partial charge in [-0.1, -0.05) is 27.7 Å². The van der Waals surface area contributed by atoms with Crippen molar-refractivity contribution in [3.8, 4) is 0 Å². The molecule has 256 valence electrons. The van der Waals surface area contributed by atoms with Crippen LogP contribution in [0.5, 0.6) is 0 Å². The summed E-state index contributed by atoms with van der Waals surface area (Å²) in [5, 5.41) is 12.7. The van der Waals surface area contributed by atoms with Gasteiger partial charge in [0, 0.05) is 11.8 Å². The van der Waals surface area contributed by atoms with Gasteiger partial charge < -0.3 is 29.4 Å². The lowest BCUT2D eigenvalue weighted by Crippen LogP contribution is -2.50. The van der Waals surface area contributed by atoms with Crippen molar-refractivity contribution >= 4 is 52.7 Å². The lowest BCUT2D eigenvalue weighted by atomic mass is 9.97. The Hall–Kier alpha value is -3.42. The van der Waals surface area contributed by atoms with Gasteiger partial charge in [-0.25, -0.2) is 24.0 Å². The molecule has 3 N–H and O–H groups in total. The number of carbonyl (C=O) groups is 7. The van der Waals surface area contributed by atoms with Gasteiger partial charge in [0.1, 0.15) is 11.2 Å². The van der Waals surface area contributed by atoms with Crippen LogP contribution in [-0.4, -0.2) is 82.7 Å². The van der Waals surface area contributed by atoms with Crippen molar-refractivity contribution < 1.29 is 57.6 Å². The average Bonchev–Trinajstić information content (AvgIpc) is 2.87. The number of carbonyl (C=O) groups excluding carboxylic acids is 6. The molecule has 0 aromatic heterocycles. The van der Waals surface area contributed by atoms with E-state index in [9.17, 15) is 33.6 Å². The predicted octanol–water partition coefficient (Wildman–Crippen LogP) is 4.38. The van der Waals surface area contributed by atoms with E-state index in [2.05, 4.69) is 10.1 Å². The largest absolute Gasteiger partial charge is 0.479 e. The van der Waals surface area contributed by atoms with Crippen LogP contribution in [0.15, 0.2) is 0 Å². The second kappa shape index (κ2) is 22.1. The number of aliphatic carboxylic acids is 1. The van der Waals surface area contributed by atoms with Crippen molar-refractivity contribution in [3.63, 3.8) is 0 Å². The van der Waals surface area contributed by atoms with Gasteiger partial charge in [0.15, 0.2) is 11.8 Å². The molecule has 0 rings (SSSR count). The van der Waals surface area contributed by atoms with E-state index in [1.54, 1.807) is 55.4 Å². The van der Waals surface area contributed by atoms with E-state index in [1.807, 2.05) is 26.1 Å². The number of Topliss-reactive ketones (excluding diaryl/α,β-unsaturated/α-hetero) is 1. The van der Waals surface area contributed by atoms with Gasteiger partial charge in [-0.2, -0.15) is 0 Å². The SMILES string of the molecule is CCC(C)C(=O)Cl.CCOC(=O)C(NC(=O)OC(C)(C)C)C(=O)C(C)CC.CCOC(=O)C(NC(=O)OC(C)(C)C)C(=O)O. The number of halogens is 1. The molecule has 0 aliphatic rings. The molecule has 2 amide bonds. The third-order valence-corrected chi connectivity index (χ3v) is 5.37. The standard InChI is InChI=1S/C14H25NO5.C10H17NO6.C5H9ClO/c1-7-9(3)11(16)10(12(17)19-8-2)15-13(18)20-14(4,5)6;1-5-16-8(14)6(7(12)13)11-9(15)17-10(2,3)4;1-3-4(2)5(6)7/h9-10H,7-8H2,1-6H3,(H,15,18);6H,5H2,1-4H3,(H,11,15)(H,12,13);4H,3H2,1-2H3. The Morgan fingerprint density at radius 3 is 1.25 bits per heavy atom. The number of rotatable bonds is 12. The molecule has 14 nitrogen and oxygen atoms in total. The normalized spacial score (nSPS) is 13.4. The van der Waals surface area contributed by atoms with Gasteiger partial charge in [-0.05, 0) is 79.8 Å². The molecule has 4 atom stereocenters. The maximum atomic E-state index is 12.1. The van der Waals surface area contributed by atoms with Crippen molar-refractivity contribution in [2.75, 3.05) is 13.2 Å². The molecule has 0 aliphatic heterocycles. The van der Waals surface area contributed by atoms with E-state index in [0.29, 0.717) is 6.42 Å². The molecule has 4 unspecified atom stereocenters. The second-order valence-electron chi connectivity index (χ2n) is 11.3. The third kappa shape index (κ3) is 23.1. The summed E-state index contributed by atoms with van der Waals surface area (Å²) in [6.45, 7) is 20.6. The van der Waals surface area contributed by atoms with Crippen LogP contribution in [0, 0.1) is 11.8 Å². The van der Waals surface area contributed by atoms with Crippen LogP contribution in [0.25, 0.3) is 0 Å². The summed E-state index contributed by atoms with van der Waals surface area (Å²) in [4.78, 5) is 79.0. The van der Waals surface area contributed by atoms with Gasteiger partial charge in [0.05, 0.1) is 13.2 Å². The first-order valence-electron chi connectivity index (χ1n) is 14.3. The first-order valence-corrected chi connectivity index (χ1v) is 14.6. The molecule has 0 aromatic rings. The van der Waals surface area contributed by atoms with Crippen molar-refractivity contribution in [2.45, 2.75) is 119 Å². The maximum Gasteiger partial charge on any atom is 0.408 e. The number of hydrogen-bond donors (Lipinski definition) is 3. The molecule has 0 saturated heterocycles. The number of amides is 2. The monoisotopic (exact) mass is 654 g/mol. The van der Waals surface area contributed by atoms with E-state index < -0.39 is 53.4 Å². The van der Waals surface area contributed by atoms with Crippen LogP contribution in [-0.2, 0) is 42.9 Å². The highest BCUT2D eigenvalue weighted by Gasteiger charge is 2.34. The van der Waals surface area contributed by atoms with Gasteiger partial charge in [-0.3, -0.25) is 14.9 Å². The highest BCUT2D eigenvalue weighted by molar-refractivity contribution is 6.63. The summed E-state index contributed by atoms with van der Waals surface area (Å²) in [6.07, 6.45) is -0.391. The van der Waals surface area contributed by atoms with Crippen molar-refractivity contribution in [1.29, 1.82) is 0 Å². The fraction of sp³-hybridized carbons (Fsp3) is 0.759. The Balaban J connectivity index is -0.000000634. The molecule has 44 heavy (non-hydrogen) atoms. The van der Waals surface area contributed by atoms with Crippen LogP contribution >= 0.6 is 11.6 Å². The second-order valence-corrected chi connectivity index (χ2v) is 11.7. The molecule has 0 bridgehead atoms. The highest BCUT2D eigenvalue weighted by Crippen LogP contribution is 2.11. The fourth-order valence-electron chi connectivity index (χ4n) is 2.42. The van der Waals surface area contributed by atoms with E-state index in [1.165, 1.54) is 6.92 Å². The zero-order chi connectivity index (χ0) is 35.4. The van der Waals surface area contributed by atoms with Crippen LogP contribution in [0.3, 0.4) is 0 Å². The Kier molecular flexibility index (Phi) is 22.7. The van der Waals surface area contributed by atoms with Gasteiger partial charge in [-0.15, -0.1) is 0 Å². The molecule has 0 heterocycles. The lowest BCUT2D eigenvalue weighted by molar-refractivity contribution is -0.155. The zero-order valence-corrected chi connectivity index (χ0v) is 28.7. The Labute approximate surface area is 265 Å². The van der Waals surface area contributed by atoms with Crippen molar-refractivity contribution in [3.05, 3.63) is 0 Å². The summed E-state index contributed by atoms with van der Waals surface area (Å²) in [7, 11) is 0. The molecule has 0 radical (unpaired) electrons. The minimum absolute atomic E-state index is 0.0264. The minimum Gasteiger partial charge on any atom is -0.479 e. The smallest absolute Gasteiger partial charge is 0.408 e. The molecule has 0 aliphatic carbocycles. The van der Waals surface area contributed by atoms with Crippen LogP contribution in [0.2, 0.25) is 0 Å². The summed E-state index contributed by atoms with van der Waals surface area (Å²) in [6, 6.07) is -3.08. The van der Waals surface area contributed by atoms with Gasteiger partial charge in [0.2, 0.25) is 11.3 Å². The molecule has 0 saturated carbocycles. The van der Waals surface area contributed by atoms with Crippen LogP contribution < -0.4 is 10.6 Å². The fourth-order valence-corrected chi connectivity index (χ4v) is 2.57. The summed E-state index contributed by atoms with van der Waals surface area (Å²) in [5.41, 5.74) is -1.48. The minimum atomic E-state index is -1.76. The van der Waals surface area contributed by atoms with Crippen molar-refractivity contribution in [1.82, 2.24) is 10.6 Å². The van der Waals surface area contributed by atoms with Crippen LogP contribution in [0.4, 0.5) is 9.59 Å².